The van der Waals surface area contributed by atoms with Gasteiger partial charge in [0.05, 0.1) is 5.56 Å². The van der Waals surface area contributed by atoms with Crippen LogP contribution in [0.1, 0.15) is 44.2 Å². The van der Waals surface area contributed by atoms with Gasteiger partial charge in [-0.25, -0.2) is 4.79 Å². The van der Waals surface area contributed by atoms with E-state index in [2.05, 4.69) is 0 Å². The van der Waals surface area contributed by atoms with E-state index in [0.29, 0.717) is 32.6 Å². The first-order valence-corrected chi connectivity index (χ1v) is 9.39. The van der Waals surface area contributed by atoms with Crippen molar-refractivity contribution in [3.05, 3.63) is 35.4 Å². The third kappa shape index (κ3) is 4.77. The Balaban J connectivity index is 1.51. The fourth-order valence-corrected chi connectivity index (χ4v) is 3.43. The summed E-state index contributed by atoms with van der Waals surface area (Å²) in [5.74, 6) is -0.211. The zero-order valence-corrected chi connectivity index (χ0v) is 16.3. The first-order chi connectivity index (χ1) is 13.0. The van der Waals surface area contributed by atoms with Gasteiger partial charge in [-0.2, -0.15) is 13.2 Å². The summed E-state index contributed by atoms with van der Waals surface area (Å²) >= 11 is 0. The lowest BCUT2D eigenvalue weighted by molar-refractivity contribution is -0.137. The maximum atomic E-state index is 12.7. The van der Waals surface area contributed by atoms with Crippen LogP contribution in [0.25, 0.3) is 0 Å². The van der Waals surface area contributed by atoms with Crippen LogP contribution >= 0.6 is 0 Å². The van der Waals surface area contributed by atoms with Gasteiger partial charge in [-0.05, 0) is 50.8 Å². The van der Waals surface area contributed by atoms with Crippen LogP contribution in [0.15, 0.2) is 24.3 Å². The van der Waals surface area contributed by atoms with Crippen molar-refractivity contribution in [1.82, 2.24) is 9.80 Å². The molecule has 0 spiro atoms. The van der Waals surface area contributed by atoms with Crippen LogP contribution in [-0.4, -0.2) is 53.6 Å². The van der Waals surface area contributed by atoms with Gasteiger partial charge in [-0.3, -0.25) is 4.79 Å². The van der Waals surface area contributed by atoms with Crippen LogP contribution in [0.2, 0.25) is 0 Å². The lowest BCUT2D eigenvalue weighted by Crippen LogP contribution is -2.52. The van der Waals surface area contributed by atoms with Gasteiger partial charge in [0.1, 0.15) is 5.60 Å². The molecule has 2 atom stereocenters. The van der Waals surface area contributed by atoms with E-state index in [-0.39, 0.29) is 23.8 Å². The number of halogens is 3. The van der Waals surface area contributed by atoms with Crippen LogP contribution in [0, 0.1) is 5.92 Å². The molecular weight excluding hydrogens is 373 g/mol. The average molecular weight is 398 g/mol. The molecule has 1 aliphatic carbocycles. The fraction of sp³-hybridized carbons (Fsp3) is 0.600. The maximum Gasteiger partial charge on any atom is 0.416 e. The van der Waals surface area contributed by atoms with Crippen molar-refractivity contribution in [1.29, 1.82) is 0 Å². The number of hydrogen-bond donors (Lipinski definition) is 0. The predicted molar refractivity (Wildman–Crippen MR) is 96.7 cm³/mol. The molecule has 154 valence electrons. The fourth-order valence-electron chi connectivity index (χ4n) is 3.43. The van der Waals surface area contributed by atoms with Crippen LogP contribution < -0.4 is 0 Å². The Hall–Kier alpha value is -2.25. The van der Waals surface area contributed by atoms with Gasteiger partial charge in [0.15, 0.2) is 0 Å². The number of carbonyl (C=O) groups is 2. The standard InChI is InChI=1S/C20H25F3N2O3/c1-19(2,3)28-18(27)25-10-8-24(9-11-25)17(26)16-12-15(16)13-4-6-14(7-5-13)20(21,22)23/h4-7,15-16H,8-12H2,1-3H3/t15-,16-/m0/s1. The van der Waals surface area contributed by atoms with Gasteiger partial charge in [0.25, 0.3) is 0 Å². The summed E-state index contributed by atoms with van der Waals surface area (Å²) in [7, 11) is 0. The molecular formula is C20H25F3N2O3. The molecule has 2 amide bonds. The monoisotopic (exact) mass is 398 g/mol. The van der Waals surface area contributed by atoms with E-state index in [0.717, 1.165) is 17.7 Å². The van der Waals surface area contributed by atoms with Gasteiger partial charge in [-0.1, -0.05) is 12.1 Å². The summed E-state index contributed by atoms with van der Waals surface area (Å²) in [6.07, 6.45) is -4.09. The third-order valence-electron chi connectivity index (χ3n) is 5.02. The number of hydrogen-bond acceptors (Lipinski definition) is 3. The zero-order chi connectivity index (χ0) is 20.7. The molecule has 2 aliphatic rings. The Morgan fingerprint density at radius 3 is 2.00 bits per heavy atom. The normalized spacial score (nSPS) is 22.8. The summed E-state index contributed by atoms with van der Waals surface area (Å²) < 4.78 is 43.3. The predicted octanol–water partition coefficient (Wildman–Crippen LogP) is 3.89. The molecule has 3 rings (SSSR count). The van der Waals surface area contributed by atoms with E-state index in [9.17, 15) is 22.8 Å². The minimum atomic E-state index is -4.36. The molecule has 2 fully saturated rings. The number of piperazine rings is 1. The molecule has 1 heterocycles. The summed E-state index contributed by atoms with van der Waals surface area (Å²) in [5, 5.41) is 0. The SMILES string of the molecule is CC(C)(C)OC(=O)N1CCN(C(=O)[C@H]2C[C@H]2c2ccc(C(F)(F)F)cc2)CC1. The van der Waals surface area contributed by atoms with E-state index < -0.39 is 17.3 Å². The van der Waals surface area contributed by atoms with Crippen molar-refractivity contribution in [2.24, 2.45) is 5.92 Å². The Bertz CT molecular complexity index is 733. The van der Waals surface area contributed by atoms with E-state index in [1.807, 2.05) is 0 Å². The van der Waals surface area contributed by atoms with Gasteiger partial charge in [-0.15, -0.1) is 0 Å². The van der Waals surface area contributed by atoms with Crippen molar-refractivity contribution in [3.8, 4) is 0 Å². The molecule has 0 bridgehead atoms. The molecule has 1 aromatic carbocycles. The second-order valence-corrected chi connectivity index (χ2v) is 8.36. The third-order valence-corrected chi connectivity index (χ3v) is 5.02. The smallest absolute Gasteiger partial charge is 0.416 e. The minimum absolute atomic E-state index is 0.00809. The molecule has 0 N–H and O–H groups in total. The number of nitrogens with zero attached hydrogens (tertiary/aromatic N) is 2. The average Bonchev–Trinajstić information content (AvgIpc) is 3.40. The van der Waals surface area contributed by atoms with Gasteiger partial charge in [0.2, 0.25) is 5.91 Å². The first kappa shape index (κ1) is 20.5. The highest BCUT2D eigenvalue weighted by Crippen LogP contribution is 2.49. The number of amides is 2. The lowest BCUT2D eigenvalue weighted by Gasteiger charge is -2.35. The van der Waals surface area contributed by atoms with Crippen LogP contribution in [0.4, 0.5) is 18.0 Å². The highest BCUT2D eigenvalue weighted by molar-refractivity contribution is 5.83. The molecule has 8 heteroatoms. The van der Waals surface area contributed by atoms with E-state index in [1.165, 1.54) is 12.1 Å². The van der Waals surface area contributed by atoms with Crippen LogP contribution in [0.3, 0.4) is 0 Å². The van der Waals surface area contributed by atoms with Gasteiger partial charge < -0.3 is 14.5 Å². The lowest BCUT2D eigenvalue weighted by atomic mass is 10.1. The van der Waals surface area contributed by atoms with Crippen molar-refractivity contribution in [2.45, 2.75) is 44.9 Å². The molecule has 0 unspecified atom stereocenters. The minimum Gasteiger partial charge on any atom is -0.444 e. The molecule has 0 aromatic heterocycles. The Morgan fingerprint density at radius 1 is 0.964 bits per heavy atom. The zero-order valence-electron chi connectivity index (χ0n) is 16.3. The number of alkyl halides is 3. The number of ether oxygens (including phenoxy) is 1. The molecule has 1 aromatic rings. The molecule has 1 saturated carbocycles. The summed E-state index contributed by atoms with van der Waals surface area (Å²) in [6.45, 7) is 7.12. The summed E-state index contributed by atoms with van der Waals surface area (Å²) in [5.41, 5.74) is -0.482. The van der Waals surface area contributed by atoms with E-state index in [1.54, 1.807) is 30.6 Å². The number of rotatable bonds is 2. The Labute approximate surface area is 162 Å². The molecule has 0 radical (unpaired) electrons. The van der Waals surface area contributed by atoms with E-state index >= 15 is 0 Å². The molecule has 1 aliphatic heterocycles. The van der Waals surface area contributed by atoms with Crippen molar-refractivity contribution in [3.63, 3.8) is 0 Å². The van der Waals surface area contributed by atoms with Gasteiger partial charge in [0, 0.05) is 32.1 Å². The number of benzene rings is 1. The highest BCUT2D eigenvalue weighted by atomic mass is 19.4. The van der Waals surface area contributed by atoms with Crippen LogP contribution in [0.5, 0.6) is 0 Å². The number of carbonyl (C=O) groups excluding carboxylic acids is 2. The van der Waals surface area contributed by atoms with Crippen molar-refractivity contribution in [2.75, 3.05) is 26.2 Å². The van der Waals surface area contributed by atoms with Crippen molar-refractivity contribution < 1.29 is 27.5 Å². The Kier molecular flexibility index (Phi) is 5.34. The first-order valence-electron chi connectivity index (χ1n) is 9.39. The van der Waals surface area contributed by atoms with Crippen LogP contribution in [-0.2, 0) is 15.7 Å². The summed E-state index contributed by atoms with van der Waals surface area (Å²) in [6, 6.07) is 5.05. The van der Waals surface area contributed by atoms with Crippen molar-refractivity contribution >= 4 is 12.0 Å². The summed E-state index contributed by atoms with van der Waals surface area (Å²) in [4.78, 5) is 28.1. The molecule has 28 heavy (non-hydrogen) atoms. The highest BCUT2D eigenvalue weighted by Gasteiger charge is 2.46. The largest absolute Gasteiger partial charge is 0.444 e. The quantitative estimate of drug-likeness (QED) is 0.760. The molecule has 5 nitrogen and oxygen atoms in total. The topological polar surface area (TPSA) is 49.9 Å². The van der Waals surface area contributed by atoms with Gasteiger partial charge >= 0.3 is 12.3 Å². The second-order valence-electron chi connectivity index (χ2n) is 8.36. The molecule has 1 saturated heterocycles. The van der Waals surface area contributed by atoms with E-state index in [4.69, 9.17) is 4.74 Å². The Morgan fingerprint density at radius 2 is 1.50 bits per heavy atom. The maximum absolute atomic E-state index is 12.7. The second kappa shape index (κ2) is 7.29.